The van der Waals surface area contributed by atoms with E-state index in [1.54, 1.807) is 0 Å². The molecule has 14 heavy (non-hydrogen) atoms. The molecule has 0 aromatic carbocycles. The molecular weight excluding hydrogens is 354 g/mol. The van der Waals surface area contributed by atoms with Crippen LogP contribution in [0.4, 0.5) is 0 Å². The number of hydrogen-bond acceptors (Lipinski definition) is 2. The van der Waals surface area contributed by atoms with Crippen LogP contribution in [0.2, 0.25) is 4.81 Å². The summed E-state index contributed by atoms with van der Waals surface area (Å²) >= 11 is 9.21. The molecule has 87 valence electrons. The normalized spacial score (nSPS) is 10.1. The summed E-state index contributed by atoms with van der Waals surface area (Å²) in [6, 6.07) is 0. The van der Waals surface area contributed by atoms with Crippen molar-refractivity contribution in [2.45, 2.75) is 4.81 Å². The Balaban J connectivity index is -0.000000131. The Morgan fingerprint density at radius 1 is 1.00 bits per heavy atom. The maximum Gasteiger partial charge on any atom is 0.319 e. The molecule has 0 aliphatic carbocycles. The first-order valence-corrected chi connectivity index (χ1v) is 9.41. The van der Waals surface area contributed by atoms with Crippen LogP contribution in [0.3, 0.4) is 0 Å². The van der Waals surface area contributed by atoms with Crippen LogP contribution >= 0.6 is 13.4 Å². The molecule has 0 aliphatic rings. The molecule has 0 radical (unpaired) electrons. The molecule has 11 heteroatoms. The molecule has 0 rings (SSSR count). The van der Waals surface area contributed by atoms with Gasteiger partial charge in [0.1, 0.15) is 0 Å². The largest absolute Gasteiger partial charge is 0.325 e. The summed E-state index contributed by atoms with van der Waals surface area (Å²) < 4.78 is 0. The van der Waals surface area contributed by atoms with Crippen molar-refractivity contribution in [2.75, 3.05) is 0 Å². The summed E-state index contributed by atoms with van der Waals surface area (Å²) in [5.41, 5.74) is 0. The molecule has 6 N–H and O–H groups in total. The van der Waals surface area contributed by atoms with Crippen molar-refractivity contribution in [1.82, 2.24) is 0 Å². The van der Waals surface area contributed by atoms with E-state index < -0.39 is 13.4 Å². The first kappa shape index (κ1) is 20.8. The molecule has 0 aromatic rings. The summed E-state index contributed by atoms with van der Waals surface area (Å²) in [5.74, 6) is 0. The van der Waals surface area contributed by atoms with Crippen LogP contribution in [0.5, 0.6) is 0 Å². The summed E-state index contributed by atoms with van der Waals surface area (Å²) in [4.78, 5) is 46.4. The zero-order valence-electron chi connectivity index (χ0n) is 6.79. The van der Waals surface area contributed by atoms with E-state index in [0.29, 0.717) is 0 Å². The van der Waals surface area contributed by atoms with E-state index in [1.165, 1.54) is 0 Å². The maximum atomic E-state index is 7.56. The molecule has 0 spiro atoms. The SMILES string of the molecule is C=C[CH2][Mo].OP(O)(O)=S.OP(O)(O)=S. The topological polar surface area (TPSA) is 121 Å². The van der Waals surface area contributed by atoms with Crippen LogP contribution in [-0.2, 0) is 43.4 Å². The molecule has 0 unspecified atom stereocenters. The molecule has 0 heterocycles. The third kappa shape index (κ3) is 340. The van der Waals surface area contributed by atoms with Gasteiger partial charge < -0.3 is 29.4 Å². The zero-order chi connectivity index (χ0) is 12.4. The van der Waals surface area contributed by atoms with Gasteiger partial charge in [0.05, 0.1) is 0 Å². The van der Waals surface area contributed by atoms with E-state index >= 15 is 0 Å². The van der Waals surface area contributed by atoms with E-state index in [2.05, 4.69) is 30.2 Å². The second-order valence-corrected chi connectivity index (χ2v) is 7.29. The second kappa shape index (κ2) is 11.0. The summed E-state index contributed by atoms with van der Waals surface area (Å²) in [5, 5.41) is 0. The standard InChI is InChI=1S/C3H5.Mo.2H3O3PS/c1-3-2;;2*1-4(2,3)5/h3H,1-2H2;;2*(H3,1,2,3,5). The minimum absolute atomic E-state index is 1.09. The summed E-state index contributed by atoms with van der Waals surface area (Å²) in [6.45, 7) is -4.13. The molecule has 0 atom stereocenters. The number of hydrogen-bond donors (Lipinski definition) is 6. The van der Waals surface area contributed by atoms with Crippen LogP contribution < -0.4 is 0 Å². The fourth-order valence-corrected chi connectivity index (χ4v) is 0. The number of allylic oxidation sites excluding steroid dienone is 1. The van der Waals surface area contributed by atoms with Gasteiger partial charge in [0.15, 0.2) is 0 Å². The molecule has 0 saturated heterocycles. The quantitative estimate of drug-likeness (QED) is 0.209. The van der Waals surface area contributed by atoms with Gasteiger partial charge in [-0.2, -0.15) is 0 Å². The van der Waals surface area contributed by atoms with Crippen LogP contribution in [-0.4, -0.2) is 29.4 Å². The van der Waals surface area contributed by atoms with Gasteiger partial charge >= 0.3 is 50.7 Å². The average Bonchev–Trinajstić information content (AvgIpc) is 1.79. The minimum atomic E-state index is -3.81. The van der Waals surface area contributed by atoms with Crippen molar-refractivity contribution >= 4 is 37.1 Å². The monoisotopic (exact) mass is 367 g/mol. The van der Waals surface area contributed by atoms with Crippen LogP contribution in [0, 0.1) is 0 Å². The summed E-state index contributed by atoms with van der Waals surface area (Å²) in [6.07, 6.45) is 1.88. The average molecular weight is 365 g/mol. The Morgan fingerprint density at radius 3 is 1.07 bits per heavy atom. The Labute approximate surface area is 103 Å². The molecule has 0 bridgehead atoms. The van der Waals surface area contributed by atoms with E-state index in [9.17, 15) is 0 Å². The van der Waals surface area contributed by atoms with Crippen molar-refractivity contribution < 1.29 is 49.2 Å². The predicted molar refractivity (Wildman–Crippen MR) is 56.9 cm³/mol. The van der Waals surface area contributed by atoms with Crippen LogP contribution in [0.1, 0.15) is 0 Å². The van der Waals surface area contributed by atoms with Gasteiger partial charge in [-0.3, -0.25) is 0 Å². The predicted octanol–water partition coefficient (Wildman–Crippen LogP) is -0.487. The molecule has 0 aliphatic heterocycles. The third-order valence-corrected chi connectivity index (χ3v) is 0.697. The maximum absolute atomic E-state index is 7.56. The molecule has 0 saturated carbocycles. The zero-order valence-corrected chi connectivity index (χ0v) is 12.2. The number of rotatable bonds is 1. The minimum Gasteiger partial charge on any atom is -0.325 e. The van der Waals surface area contributed by atoms with Crippen LogP contribution in [0.25, 0.3) is 0 Å². The van der Waals surface area contributed by atoms with Crippen LogP contribution in [0.15, 0.2) is 12.7 Å². The Bertz CT molecular complexity index is 187. The molecule has 0 aromatic heterocycles. The Morgan fingerprint density at radius 2 is 1.07 bits per heavy atom. The first-order valence-electron chi connectivity index (χ1n) is 2.67. The van der Waals surface area contributed by atoms with E-state index in [4.69, 9.17) is 29.4 Å². The van der Waals surface area contributed by atoms with E-state index in [1.807, 2.05) is 25.9 Å². The van der Waals surface area contributed by atoms with Gasteiger partial charge in [-0.1, -0.05) is 0 Å². The fourth-order valence-electron chi connectivity index (χ4n) is 0. The van der Waals surface area contributed by atoms with Crippen molar-refractivity contribution in [3.8, 4) is 0 Å². The Kier molecular flexibility index (Phi) is 16.4. The van der Waals surface area contributed by atoms with Crippen molar-refractivity contribution in [2.24, 2.45) is 0 Å². The van der Waals surface area contributed by atoms with Gasteiger partial charge in [0.2, 0.25) is 0 Å². The van der Waals surface area contributed by atoms with Gasteiger partial charge in [-0.25, -0.2) is 0 Å². The van der Waals surface area contributed by atoms with E-state index in [0.717, 1.165) is 4.81 Å². The molecular formula is C3H11MoO6P2S2. The summed E-state index contributed by atoms with van der Waals surface area (Å²) in [7, 11) is 0. The Hall–Kier alpha value is 1.49. The van der Waals surface area contributed by atoms with E-state index in [-0.39, 0.29) is 0 Å². The first-order chi connectivity index (χ1) is 5.91. The smallest absolute Gasteiger partial charge is 0.319 e. The fraction of sp³-hybridized carbons (Fsp3) is 0.333. The second-order valence-electron chi connectivity index (χ2n) is 1.48. The van der Waals surface area contributed by atoms with Gasteiger partial charge in [0, 0.05) is 0 Å². The molecule has 0 amide bonds. The van der Waals surface area contributed by atoms with Gasteiger partial charge in [-0.15, -0.1) is 0 Å². The third-order valence-electron chi connectivity index (χ3n) is 0.118. The molecule has 6 nitrogen and oxygen atoms in total. The van der Waals surface area contributed by atoms with Crippen molar-refractivity contribution in [1.29, 1.82) is 0 Å². The van der Waals surface area contributed by atoms with Crippen molar-refractivity contribution in [3.63, 3.8) is 0 Å². The molecule has 0 fully saturated rings. The van der Waals surface area contributed by atoms with Gasteiger partial charge in [0.25, 0.3) is 0 Å². The van der Waals surface area contributed by atoms with Gasteiger partial charge in [-0.05, 0) is 23.6 Å². The van der Waals surface area contributed by atoms with Crippen molar-refractivity contribution in [3.05, 3.63) is 12.7 Å².